The number of carbonyl (C=O) groups is 2. The third kappa shape index (κ3) is 3.77. The summed E-state index contributed by atoms with van der Waals surface area (Å²) in [6.45, 7) is 9.39. The fourth-order valence-electron chi connectivity index (χ4n) is 3.42. The van der Waals surface area contributed by atoms with E-state index in [1.54, 1.807) is 7.11 Å². The van der Waals surface area contributed by atoms with Gasteiger partial charge in [-0.2, -0.15) is 0 Å². The Kier molecular flexibility index (Phi) is 6.24. The molecule has 0 bridgehead atoms. The van der Waals surface area contributed by atoms with Crippen LogP contribution in [0.1, 0.15) is 26.7 Å². The minimum Gasteiger partial charge on any atom is -0.368 e. The molecule has 132 valence electrons. The first-order valence-electron chi connectivity index (χ1n) is 8.67. The van der Waals surface area contributed by atoms with Gasteiger partial charge in [-0.1, -0.05) is 0 Å². The molecule has 7 heteroatoms. The zero-order valence-electron chi connectivity index (χ0n) is 14.6. The summed E-state index contributed by atoms with van der Waals surface area (Å²) in [6.07, 6.45) is 1.42. The molecule has 3 amide bonds. The van der Waals surface area contributed by atoms with Crippen LogP contribution in [0.2, 0.25) is 0 Å². The molecule has 0 radical (unpaired) electrons. The van der Waals surface area contributed by atoms with E-state index in [2.05, 4.69) is 5.32 Å². The van der Waals surface area contributed by atoms with E-state index in [0.717, 1.165) is 13.1 Å². The number of carbonyl (C=O) groups excluding carboxylic acids is 2. The molecule has 2 heterocycles. The second-order valence-electron chi connectivity index (χ2n) is 6.18. The van der Waals surface area contributed by atoms with Gasteiger partial charge in [-0.25, -0.2) is 4.79 Å². The summed E-state index contributed by atoms with van der Waals surface area (Å²) in [6, 6.07) is 0.0745. The molecule has 7 nitrogen and oxygen atoms in total. The van der Waals surface area contributed by atoms with Gasteiger partial charge in [0.05, 0.1) is 0 Å². The summed E-state index contributed by atoms with van der Waals surface area (Å²) in [5.74, 6) is 0.0800. The van der Waals surface area contributed by atoms with Gasteiger partial charge in [0, 0.05) is 46.4 Å². The fourth-order valence-corrected chi connectivity index (χ4v) is 3.42. The van der Waals surface area contributed by atoms with Crippen LogP contribution in [0.25, 0.3) is 0 Å². The van der Waals surface area contributed by atoms with E-state index in [1.807, 2.05) is 28.5 Å². The van der Waals surface area contributed by atoms with Gasteiger partial charge in [-0.3, -0.25) is 4.79 Å². The van der Waals surface area contributed by atoms with Crippen molar-refractivity contribution in [2.75, 3.05) is 59.5 Å². The number of nitrogens with zero attached hydrogens (tertiary/aromatic N) is 3. The van der Waals surface area contributed by atoms with Crippen molar-refractivity contribution in [1.29, 1.82) is 0 Å². The van der Waals surface area contributed by atoms with E-state index < -0.39 is 5.60 Å². The van der Waals surface area contributed by atoms with E-state index in [9.17, 15) is 9.59 Å². The zero-order chi connectivity index (χ0) is 16.9. The van der Waals surface area contributed by atoms with Gasteiger partial charge in [0.15, 0.2) is 0 Å². The molecular weight excluding hydrogens is 296 g/mol. The SMILES string of the molecule is CCN(CC)C(=O)N1CCN(C(=O)C2(OC)CCNCC2)CC1. The third-order valence-corrected chi connectivity index (χ3v) is 5.06. The van der Waals surface area contributed by atoms with Crippen molar-refractivity contribution >= 4 is 11.9 Å². The molecule has 2 fully saturated rings. The first-order chi connectivity index (χ1) is 11.1. The molecule has 0 aromatic heterocycles. The van der Waals surface area contributed by atoms with Crippen LogP contribution in [0, 0.1) is 0 Å². The van der Waals surface area contributed by atoms with Gasteiger partial charge in [0.25, 0.3) is 5.91 Å². The van der Waals surface area contributed by atoms with Crippen LogP contribution in [0.5, 0.6) is 0 Å². The molecule has 2 aliphatic heterocycles. The maximum atomic E-state index is 12.9. The first kappa shape index (κ1) is 18.0. The van der Waals surface area contributed by atoms with E-state index in [0.29, 0.717) is 52.1 Å². The maximum absolute atomic E-state index is 12.9. The van der Waals surface area contributed by atoms with Crippen molar-refractivity contribution in [2.24, 2.45) is 0 Å². The van der Waals surface area contributed by atoms with Gasteiger partial charge < -0.3 is 24.8 Å². The van der Waals surface area contributed by atoms with Crippen molar-refractivity contribution in [3.63, 3.8) is 0 Å². The highest BCUT2D eigenvalue weighted by Crippen LogP contribution is 2.25. The average molecular weight is 326 g/mol. The molecule has 23 heavy (non-hydrogen) atoms. The van der Waals surface area contributed by atoms with Gasteiger partial charge in [-0.05, 0) is 39.8 Å². The quantitative estimate of drug-likeness (QED) is 0.810. The Balaban J connectivity index is 1.93. The lowest BCUT2D eigenvalue weighted by molar-refractivity contribution is -0.159. The molecule has 2 aliphatic rings. The topological polar surface area (TPSA) is 65.1 Å². The van der Waals surface area contributed by atoms with E-state index in [-0.39, 0.29) is 11.9 Å². The van der Waals surface area contributed by atoms with Crippen molar-refractivity contribution in [3.05, 3.63) is 0 Å². The summed E-state index contributed by atoms with van der Waals surface area (Å²) >= 11 is 0. The van der Waals surface area contributed by atoms with Crippen molar-refractivity contribution in [3.8, 4) is 0 Å². The molecule has 2 rings (SSSR count). The van der Waals surface area contributed by atoms with Crippen LogP contribution in [-0.2, 0) is 9.53 Å². The standard InChI is InChI=1S/C16H30N4O3/c1-4-18(5-2)15(22)20-12-10-19(11-13-20)14(21)16(23-3)6-8-17-9-7-16/h17H,4-13H2,1-3H3. The largest absolute Gasteiger partial charge is 0.368 e. The summed E-state index contributed by atoms with van der Waals surface area (Å²) in [5, 5.41) is 3.27. The Hall–Kier alpha value is -1.34. The number of piperazine rings is 1. The summed E-state index contributed by atoms with van der Waals surface area (Å²) in [7, 11) is 1.63. The smallest absolute Gasteiger partial charge is 0.320 e. The van der Waals surface area contributed by atoms with Crippen LogP contribution in [0.3, 0.4) is 0 Å². The monoisotopic (exact) mass is 326 g/mol. The minimum absolute atomic E-state index is 0.0745. The van der Waals surface area contributed by atoms with E-state index in [1.165, 1.54) is 0 Å². The Morgan fingerprint density at radius 1 is 1.04 bits per heavy atom. The summed E-state index contributed by atoms with van der Waals surface area (Å²) < 4.78 is 5.62. The van der Waals surface area contributed by atoms with Crippen LogP contribution in [0.15, 0.2) is 0 Å². The molecule has 0 aromatic rings. The lowest BCUT2D eigenvalue weighted by Crippen LogP contribution is -2.60. The van der Waals surface area contributed by atoms with E-state index >= 15 is 0 Å². The van der Waals surface area contributed by atoms with Crippen molar-refractivity contribution < 1.29 is 14.3 Å². The number of nitrogens with one attached hydrogen (secondary N) is 1. The Labute approximate surface area is 138 Å². The lowest BCUT2D eigenvalue weighted by atomic mass is 9.90. The molecule has 2 saturated heterocycles. The molecule has 0 aromatic carbocycles. The molecule has 0 aliphatic carbocycles. The normalized spacial score (nSPS) is 21.2. The van der Waals surface area contributed by atoms with Crippen LogP contribution in [-0.4, -0.2) is 91.7 Å². The Bertz CT molecular complexity index is 412. The third-order valence-electron chi connectivity index (χ3n) is 5.06. The molecule has 0 spiro atoms. The highest BCUT2D eigenvalue weighted by atomic mass is 16.5. The minimum atomic E-state index is -0.684. The van der Waals surface area contributed by atoms with Crippen molar-refractivity contribution in [2.45, 2.75) is 32.3 Å². The Morgan fingerprint density at radius 3 is 2.04 bits per heavy atom. The van der Waals surface area contributed by atoms with Crippen LogP contribution >= 0.6 is 0 Å². The number of hydrogen-bond acceptors (Lipinski definition) is 4. The van der Waals surface area contributed by atoms with Crippen LogP contribution in [0.4, 0.5) is 4.79 Å². The summed E-state index contributed by atoms with van der Waals surface area (Å²) in [4.78, 5) is 30.8. The summed E-state index contributed by atoms with van der Waals surface area (Å²) in [5.41, 5.74) is -0.684. The number of hydrogen-bond donors (Lipinski definition) is 1. The zero-order valence-corrected chi connectivity index (χ0v) is 14.6. The fraction of sp³-hybridized carbons (Fsp3) is 0.875. The lowest BCUT2D eigenvalue weighted by Gasteiger charge is -2.42. The van der Waals surface area contributed by atoms with E-state index in [4.69, 9.17) is 4.74 Å². The van der Waals surface area contributed by atoms with Gasteiger partial charge >= 0.3 is 6.03 Å². The molecule has 1 N–H and O–H groups in total. The molecular formula is C16H30N4O3. The maximum Gasteiger partial charge on any atom is 0.320 e. The number of piperidine rings is 1. The van der Waals surface area contributed by atoms with Gasteiger partial charge in [0.2, 0.25) is 0 Å². The Morgan fingerprint density at radius 2 is 1.57 bits per heavy atom. The van der Waals surface area contributed by atoms with Crippen molar-refractivity contribution in [1.82, 2.24) is 20.0 Å². The number of ether oxygens (including phenoxy) is 1. The number of urea groups is 1. The number of amides is 3. The number of methoxy groups -OCH3 is 1. The molecule has 0 atom stereocenters. The molecule has 0 saturated carbocycles. The van der Waals surface area contributed by atoms with Gasteiger partial charge in [-0.15, -0.1) is 0 Å². The van der Waals surface area contributed by atoms with Crippen LogP contribution < -0.4 is 5.32 Å². The number of rotatable bonds is 4. The average Bonchev–Trinajstić information content (AvgIpc) is 2.62. The first-order valence-corrected chi connectivity index (χ1v) is 8.67. The molecule has 0 unspecified atom stereocenters. The van der Waals surface area contributed by atoms with Gasteiger partial charge in [0.1, 0.15) is 5.60 Å². The highest BCUT2D eigenvalue weighted by Gasteiger charge is 2.43. The second-order valence-corrected chi connectivity index (χ2v) is 6.18. The predicted molar refractivity (Wildman–Crippen MR) is 88.3 cm³/mol. The second kappa shape index (κ2) is 7.97. The highest BCUT2D eigenvalue weighted by molar-refractivity contribution is 5.86. The predicted octanol–water partition coefficient (Wildman–Crippen LogP) is 0.361.